The Morgan fingerprint density at radius 1 is 1.11 bits per heavy atom. The fraction of sp³-hybridized carbons (Fsp3) is 0.240. The van der Waals surface area contributed by atoms with Crippen molar-refractivity contribution in [2.45, 2.75) is 32.6 Å². The lowest BCUT2D eigenvalue weighted by molar-refractivity contribution is -0.137. The van der Waals surface area contributed by atoms with E-state index < -0.39 is 23.3 Å². The second-order valence-corrected chi connectivity index (χ2v) is 8.14. The number of carbonyl (C=O) groups excluding carboxylic acids is 1. The summed E-state index contributed by atoms with van der Waals surface area (Å²) in [7, 11) is 1.64. The third-order valence-electron chi connectivity index (χ3n) is 5.55. The van der Waals surface area contributed by atoms with Gasteiger partial charge in [-0.05, 0) is 41.3 Å². The van der Waals surface area contributed by atoms with Crippen molar-refractivity contribution < 1.29 is 22.7 Å². The molecule has 0 fully saturated rings. The minimum absolute atomic E-state index is 0.0869. The van der Waals surface area contributed by atoms with Crippen molar-refractivity contribution >= 4 is 5.91 Å². The van der Waals surface area contributed by atoms with Gasteiger partial charge in [0.05, 0.1) is 25.5 Å². The van der Waals surface area contributed by atoms with E-state index >= 15 is 0 Å². The number of ether oxygens (including phenoxy) is 1. The Morgan fingerprint density at radius 3 is 2.57 bits per heavy atom. The molecule has 0 bridgehead atoms. The predicted molar refractivity (Wildman–Crippen MR) is 123 cm³/mol. The number of amides is 1. The molecule has 7 nitrogen and oxygen atoms in total. The maximum Gasteiger partial charge on any atom is 0.420 e. The Labute approximate surface area is 199 Å². The van der Waals surface area contributed by atoms with Crippen LogP contribution in [-0.2, 0) is 25.7 Å². The van der Waals surface area contributed by atoms with E-state index in [4.69, 9.17) is 9.84 Å². The lowest BCUT2D eigenvalue weighted by Gasteiger charge is -2.08. The number of rotatable bonds is 8. The zero-order chi connectivity index (χ0) is 25.0. The van der Waals surface area contributed by atoms with Gasteiger partial charge in [0, 0.05) is 19.2 Å². The number of methoxy groups -OCH3 is 1. The van der Waals surface area contributed by atoms with Crippen LogP contribution in [0.1, 0.15) is 44.0 Å². The second kappa shape index (κ2) is 10.0. The molecule has 2 N–H and O–H groups in total. The molecule has 0 spiro atoms. The minimum atomic E-state index is -4.65. The highest BCUT2D eigenvalue weighted by Gasteiger charge is 2.37. The first-order chi connectivity index (χ1) is 16.7. The van der Waals surface area contributed by atoms with Gasteiger partial charge in [0.2, 0.25) is 0 Å². The van der Waals surface area contributed by atoms with Gasteiger partial charge in [0.1, 0.15) is 17.0 Å². The van der Waals surface area contributed by atoms with Crippen LogP contribution in [0.2, 0.25) is 0 Å². The van der Waals surface area contributed by atoms with Crippen LogP contribution in [0.3, 0.4) is 0 Å². The van der Waals surface area contributed by atoms with Gasteiger partial charge in [-0.15, -0.1) is 0 Å². The molecule has 2 heterocycles. The highest BCUT2D eigenvalue weighted by molar-refractivity contribution is 5.93. The lowest BCUT2D eigenvalue weighted by Crippen LogP contribution is -2.25. The van der Waals surface area contributed by atoms with E-state index in [0.717, 1.165) is 33.7 Å². The highest BCUT2D eigenvalue weighted by Crippen LogP contribution is 2.30. The van der Waals surface area contributed by atoms with Gasteiger partial charge in [0.15, 0.2) is 0 Å². The van der Waals surface area contributed by atoms with Gasteiger partial charge in [0.25, 0.3) is 5.91 Å². The molecule has 0 saturated heterocycles. The summed E-state index contributed by atoms with van der Waals surface area (Å²) >= 11 is 0. The summed E-state index contributed by atoms with van der Waals surface area (Å²) in [4.78, 5) is 12.2. The minimum Gasteiger partial charge on any atom is -0.497 e. The third kappa shape index (κ3) is 5.89. The van der Waals surface area contributed by atoms with Crippen LogP contribution in [0.25, 0.3) is 0 Å². The molecule has 0 aliphatic carbocycles. The quantitative estimate of drug-likeness (QED) is 0.386. The van der Waals surface area contributed by atoms with Crippen molar-refractivity contribution in [3.63, 3.8) is 0 Å². The van der Waals surface area contributed by atoms with E-state index in [1.807, 2.05) is 66.3 Å². The second-order valence-electron chi connectivity index (χ2n) is 8.14. The predicted octanol–water partition coefficient (Wildman–Crippen LogP) is 4.51. The molecule has 35 heavy (non-hydrogen) atoms. The Bertz CT molecular complexity index is 1310. The summed E-state index contributed by atoms with van der Waals surface area (Å²) in [5.74, 6) is -0.0654. The number of aromatic nitrogens is 4. The largest absolute Gasteiger partial charge is 0.497 e. The van der Waals surface area contributed by atoms with E-state index in [9.17, 15) is 18.0 Å². The maximum atomic E-state index is 12.9. The molecule has 0 saturated carbocycles. The van der Waals surface area contributed by atoms with Crippen molar-refractivity contribution in [3.05, 3.63) is 100 Å². The molecule has 0 aliphatic rings. The fourth-order valence-corrected chi connectivity index (χ4v) is 3.69. The SMILES string of the molecule is COc1cccc(Cn2cc(C)c(Cc3ccc(CNC(=O)c4[nH]ncc4C(F)(F)F)cc3)n2)c1. The fourth-order valence-electron chi connectivity index (χ4n) is 3.69. The van der Waals surface area contributed by atoms with Gasteiger partial charge in [-0.25, -0.2) is 0 Å². The Balaban J connectivity index is 1.36. The maximum absolute atomic E-state index is 12.9. The summed E-state index contributed by atoms with van der Waals surface area (Å²) in [5, 5.41) is 12.7. The Hall–Kier alpha value is -4.08. The zero-order valence-corrected chi connectivity index (χ0v) is 19.2. The van der Waals surface area contributed by atoms with Crippen molar-refractivity contribution in [2.24, 2.45) is 0 Å². The first-order valence-electron chi connectivity index (χ1n) is 10.9. The number of nitrogens with one attached hydrogen (secondary N) is 2. The number of H-pyrrole nitrogens is 1. The number of aromatic amines is 1. The summed E-state index contributed by atoms with van der Waals surface area (Å²) in [6.45, 7) is 2.73. The average molecular weight is 483 g/mol. The highest BCUT2D eigenvalue weighted by atomic mass is 19.4. The first kappa shape index (κ1) is 24.1. The summed E-state index contributed by atoms with van der Waals surface area (Å²) < 4.78 is 46.0. The van der Waals surface area contributed by atoms with Gasteiger partial charge < -0.3 is 10.1 Å². The number of carbonyl (C=O) groups is 1. The zero-order valence-electron chi connectivity index (χ0n) is 19.2. The van der Waals surface area contributed by atoms with Gasteiger partial charge in [-0.2, -0.15) is 23.4 Å². The van der Waals surface area contributed by atoms with Gasteiger partial charge >= 0.3 is 6.18 Å². The van der Waals surface area contributed by atoms with E-state index in [2.05, 4.69) is 15.5 Å². The van der Waals surface area contributed by atoms with Crippen LogP contribution in [0, 0.1) is 6.92 Å². The standard InChI is InChI=1S/C25H24F3N5O2/c1-16-14-33(15-19-4-3-5-20(10-19)35-2)32-22(16)11-17-6-8-18(9-7-17)12-29-24(34)23-21(13-30-31-23)25(26,27)28/h3-10,13-14H,11-12,15H2,1-2H3,(H,29,34)(H,30,31). The topological polar surface area (TPSA) is 84.8 Å². The molecule has 2 aromatic carbocycles. The first-order valence-corrected chi connectivity index (χ1v) is 10.9. The number of halogens is 3. The summed E-state index contributed by atoms with van der Waals surface area (Å²) in [6, 6.07) is 15.3. The molecular formula is C25H24F3N5O2. The molecule has 0 atom stereocenters. The van der Waals surface area contributed by atoms with Crippen LogP contribution in [0.5, 0.6) is 5.75 Å². The average Bonchev–Trinajstić information content (AvgIpc) is 3.46. The summed E-state index contributed by atoms with van der Waals surface area (Å²) in [6.07, 6.45) is -1.42. The van der Waals surface area contributed by atoms with Crippen LogP contribution >= 0.6 is 0 Å². The van der Waals surface area contributed by atoms with Gasteiger partial charge in [-0.3, -0.25) is 14.6 Å². The van der Waals surface area contributed by atoms with Crippen LogP contribution in [0.4, 0.5) is 13.2 Å². The van der Waals surface area contributed by atoms with Crippen LogP contribution in [0.15, 0.2) is 60.9 Å². The van der Waals surface area contributed by atoms with E-state index in [0.29, 0.717) is 19.2 Å². The molecule has 1 amide bonds. The Kier molecular flexibility index (Phi) is 6.90. The van der Waals surface area contributed by atoms with Crippen molar-refractivity contribution in [1.29, 1.82) is 0 Å². The van der Waals surface area contributed by atoms with Crippen LogP contribution in [-0.4, -0.2) is 33.0 Å². The number of hydrogen-bond acceptors (Lipinski definition) is 4. The molecule has 4 aromatic rings. The monoisotopic (exact) mass is 483 g/mol. The van der Waals surface area contributed by atoms with E-state index in [-0.39, 0.29) is 6.54 Å². The van der Waals surface area contributed by atoms with Crippen LogP contribution < -0.4 is 10.1 Å². The number of hydrogen-bond donors (Lipinski definition) is 2. The summed E-state index contributed by atoms with van der Waals surface area (Å²) in [5.41, 5.74) is 3.21. The molecule has 2 aromatic heterocycles. The van der Waals surface area contributed by atoms with Crippen molar-refractivity contribution in [2.75, 3.05) is 7.11 Å². The number of nitrogens with zero attached hydrogens (tertiary/aromatic N) is 3. The molecule has 182 valence electrons. The molecule has 0 radical (unpaired) electrons. The van der Waals surface area contributed by atoms with Gasteiger partial charge in [-0.1, -0.05) is 36.4 Å². The molecule has 4 rings (SSSR count). The number of benzene rings is 2. The van der Waals surface area contributed by atoms with E-state index in [1.165, 1.54) is 0 Å². The lowest BCUT2D eigenvalue weighted by atomic mass is 10.1. The van der Waals surface area contributed by atoms with Crippen molar-refractivity contribution in [3.8, 4) is 5.75 Å². The number of aryl methyl sites for hydroxylation is 1. The molecular weight excluding hydrogens is 459 g/mol. The normalized spacial score (nSPS) is 11.5. The third-order valence-corrected chi connectivity index (χ3v) is 5.55. The smallest absolute Gasteiger partial charge is 0.420 e. The molecule has 0 aliphatic heterocycles. The van der Waals surface area contributed by atoms with E-state index in [1.54, 1.807) is 7.11 Å². The van der Waals surface area contributed by atoms with Crippen molar-refractivity contribution in [1.82, 2.24) is 25.3 Å². The molecule has 0 unspecified atom stereocenters. The molecule has 10 heteroatoms. The Morgan fingerprint density at radius 2 is 1.86 bits per heavy atom. The number of alkyl halides is 3.